The fraction of sp³-hybridized carbons (Fsp3) is 0.550. The van der Waals surface area contributed by atoms with Crippen molar-refractivity contribution in [1.82, 2.24) is 15.2 Å². The minimum atomic E-state index is -0.536. The average Bonchev–Trinajstić information content (AvgIpc) is 3.04. The Morgan fingerprint density at radius 1 is 1.33 bits per heavy atom. The normalized spacial score (nSPS) is 17.7. The van der Waals surface area contributed by atoms with Crippen molar-refractivity contribution < 1.29 is 14.3 Å². The summed E-state index contributed by atoms with van der Waals surface area (Å²) in [6.45, 7) is 7.20. The van der Waals surface area contributed by atoms with E-state index in [2.05, 4.69) is 11.4 Å². The summed E-state index contributed by atoms with van der Waals surface area (Å²) in [5.74, 6) is 0.357. The SMILES string of the molecule is CC(C)(C)OC(=O)NCCC(=O)N1CCC[C@H](c2nc3ccccc3s2)C1. The van der Waals surface area contributed by atoms with E-state index in [-0.39, 0.29) is 18.9 Å². The van der Waals surface area contributed by atoms with Gasteiger partial charge in [0, 0.05) is 32.0 Å². The fourth-order valence-corrected chi connectivity index (χ4v) is 4.31. The first-order chi connectivity index (χ1) is 12.8. The van der Waals surface area contributed by atoms with Crippen LogP contribution in [-0.4, -0.2) is 47.1 Å². The lowest BCUT2D eigenvalue weighted by atomic mass is 9.98. The van der Waals surface area contributed by atoms with Gasteiger partial charge in [0.25, 0.3) is 0 Å². The van der Waals surface area contributed by atoms with Crippen LogP contribution in [0, 0.1) is 0 Å². The summed E-state index contributed by atoms with van der Waals surface area (Å²) in [6.07, 6.45) is 1.83. The molecular formula is C20H27N3O3S. The van der Waals surface area contributed by atoms with Gasteiger partial charge in [-0.05, 0) is 45.7 Å². The largest absolute Gasteiger partial charge is 0.444 e. The Hall–Kier alpha value is -2.15. The van der Waals surface area contributed by atoms with Gasteiger partial charge in [0.05, 0.1) is 15.2 Å². The van der Waals surface area contributed by atoms with E-state index in [1.54, 1.807) is 11.3 Å². The first-order valence-corrected chi connectivity index (χ1v) is 10.2. The quantitative estimate of drug-likeness (QED) is 0.860. The number of fused-ring (bicyclic) bond motifs is 1. The first-order valence-electron chi connectivity index (χ1n) is 9.42. The van der Waals surface area contributed by atoms with Gasteiger partial charge in [0.15, 0.2) is 0 Å². The standard InChI is InChI=1S/C20H27N3O3S/c1-20(2,3)26-19(25)21-11-10-17(24)23-12-6-7-14(13-23)18-22-15-8-4-5-9-16(15)27-18/h4-5,8-9,14H,6-7,10-13H2,1-3H3,(H,21,25)/t14-/m0/s1. The number of likely N-dealkylation sites (tertiary alicyclic amines) is 1. The highest BCUT2D eigenvalue weighted by Gasteiger charge is 2.27. The fourth-order valence-electron chi connectivity index (χ4n) is 3.21. The molecule has 6 nitrogen and oxygen atoms in total. The van der Waals surface area contributed by atoms with Crippen LogP contribution in [0.15, 0.2) is 24.3 Å². The number of ether oxygens (including phenoxy) is 1. The summed E-state index contributed by atoms with van der Waals surface area (Å²) >= 11 is 1.72. The van der Waals surface area contributed by atoms with Crippen molar-refractivity contribution in [3.8, 4) is 0 Å². The Kier molecular flexibility index (Phi) is 5.99. The minimum absolute atomic E-state index is 0.0665. The van der Waals surface area contributed by atoms with Crippen LogP contribution in [0.4, 0.5) is 4.79 Å². The van der Waals surface area contributed by atoms with Crippen LogP contribution in [0.3, 0.4) is 0 Å². The Bertz CT molecular complexity index is 779. The third kappa shape index (κ3) is 5.42. The molecule has 0 bridgehead atoms. The third-order valence-electron chi connectivity index (χ3n) is 4.44. The number of rotatable bonds is 4. The molecule has 2 aromatic rings. The number of aromatic nitrogens is 1. The molecule has 2 amide bonds. The van der Waals surface area contributed by atoms with Crippen LogP contribution in [0.25, 0.3) is 10.2 Å². The van der Waals surface area contributed by atoms with E-state index in [9.17, 15) is 9.59 Å². The van der Waals surface area contributed by atoms with Crippen molar-refractivity contribution >= 4 is 33.6 Å². The second-order valence-electron chi connectivity index (χ2n) is 7.88. The zero-order valence-electron chi connectivity index (χ0n) is 16.2. The van der Waals surface area contributed by atoms with Crippen LogP contribution in [0.2, 0.25) is 0 Å². The molecule has 1 aromatic carbocycles. The van der Waals surface area contributed by atoms with Crippen LogP contribution in [0.1, 0.15) is 51.0 Å². The second-order valence-corrected chi connectivity index (χ2v) is 8.94. The maximum Gasteiger partial charge on any atom is 0.407 e. The van der Waals surface area contributed by atoms with Crippen LogP contribution in [-0.2, 0) is 9.53 Å². The third-order valence-corrected chi connectivity index (χ3v) is 5.64. The monoisotopic (exact) mass is 389 g/mol. The molecule has 0 spiro atoms. The molecule has 2 heterocycles. The summed E-state index contributed by atoms with van der Waals surface area (Å²) < 4.78 is 6.38. The molecular weight excluding hydrogens is 362 g/mol. The van der Waals surface area contributed by atoms with E-state index in [1.165, 1.54) is 4.70 Å². The molecule has 1 fully saturated rings. The molecule has 146 valence electrons. The number of hydrogen-bond donors (Lipinski definition) is 1. The number of alkyl carbamates (subject to hydrolysis) is 1. The molecule has 27 heavy (non-hydrogen) atoms. The number of nitrogens with zero attached hydrogens (tertiary/aromatic N) is 2. The number of thiazole rings is 1. The van der Waals surface area contributed by atoms with Crippen molar-refractivity contribution in [2.75, 3.05) is 19.6 Å². The van der Waals surface area contributed by atoms with Gasteiger partial charge in [-0.3, -0.25) is 4.79 Å². The van der Waals surface area contributed by atoms with Gasteiger partial charge in [-0.2, -0.15) is 0 Å². The molecule has 1 atom stereocenters. The number of carbonyl (C=O) groups excluding carboxylic acids is 2. The highest BCUT2D eigenvalue weighted by Crippen LogP contribution is 2.33. The number of piperidine rings is 1. The zero-order chi connectivity index (χ0) is 19.4. The van der Waals surface area contributed by atoms with Crippen molar-refractivity contribution in [3.63, 3.8) is 0 Å². The van der Waals surface area contributed by atoms with Gasteiger partial charge in [-0.25, -0.2) is 9.78 Å². The predicted molar refractivity (Wildman–Crippen MR) is 107 cm³/mol. The second kappa shape index (κ2) is 8.25. The van der Waals surface area contributed by atoms with Crippen molar-refractivity contribution in [2.24, 2.45) is 0 Å². The van der Waals surface area contributed by atoms with Crippen molar-refractivity contribution in [1.29, 1.82) is 0 Å². The van der Waals surface area contributed by atoms with Crippen LogP contribution >= 0.6 is 11.3 Å². The van der Waals surface area contributed by atoms with Gasteiger partial charge >= 0.3 is 6.09 Å². The van der Waals surface area contributed by atoms with E-state index >= 15 is 0 Å². The number of benzene rings is 1. The smallest absolute Gasteiger partial charge is 0.407 e. The Morgan fingerprint density at radius 2 is 2.11 bits per heavy atom. The number of amides is 2. The van der Waals surface area contributed by atoms with Gasteiger partial charge in [0.2, 0.25) is 5.91 Å². The molecule has 7 heteroatoms. The summed E-state index contributed by atoms with van der Waals surface area (Å²) in [7, 11) is 0. The number of hydrogen-bond acceptors (Lipinski definition) is 5. The lowest BCUT2D eigenvalue weighted by Gasteiger charge is -2.32. The maximum absolute atomic E-state index is 12.5. The topological polar surface area (TPSA) is 71.5 Å². The van der Waals surface area contributed by atoms with E-state index in [1.807, 2.05) is 43.9 Å². The average molecular weight is 390 g/mol. The van der Waals surface area contributed by atoms with Crippen molar-refractivity contribution in [2.45, 2.75) is 51.6 Å². The lowest BCUT2D eigenvalue weighted by molar-refractivity contribution is -0.132. The highest BCUT2D eigenvalue weighted by atomic mass is 32.1. The van der Waals surface area contributed by atoms with E-state index in [0.29, 0.717) is 12.5 Å². The summed E-state index contributed by atoms with van der Waals surface area (Å²) in [6, 6.07) is 8.15. The lowest BCUT2D eigenvalue weighted by Crippen LogP contribution is -2.41. The summed E-state index contributed by atoms with van der Waals surface area (Å²) in [4.78, 5) is 30.9. The van der Waals surface area contributed by atoms with E-state index in [0.717, 1.165) is 29.9 Å². The molecule has 1 aliphatic rings. The first kappa shape index (κ1) is 19.6. The number of carbonyl (C=O) groups is 2. The zero-order valence-corrected chi connectivity index (χ0v) is 17.0. The highest BCUT2D eigenvalue weighted by molar-refractivity contribution is 7.18. The Morgan fingerprint density at radius 3 is 2.85 bits per heavy atom. The molecule has 1 aliphatic heterocycles. The minimum Gasteiger partial charge on any atom is -0.444 e. The number of para-hydroxylation sites is 1. The van der Waals surface area contributed by atoms with Crippen molar-refractivity contribution in [3.05, 3.63) is 29.3 Å². The molecule has 0 unspecified atom stereocenters. The Balaban J connectivity index is 1.51. The molecule has 1 N–H and O–H groups in total. The van der Waals surface area contributed by atoms with Gasteiger partial charge in [-0.1, -0.05) is 12.1 Å². The van der Waals surface area contributed by atoms with E-state index in [4.69, 9.17) is 9.72 Å². The van der Waals surface area contributed by atoms with Gasteiger partial charge in [-0.15, -0.1) is 11.3 Å². The van der Waals surface area contributed by atoms with Crippen LogP contribution < -0.4 is 5.32 Å². The summed E-state index contributed by atoms with van der Waals surface area (Å²) in [5, 5.41) is 3.76. The molecule has 0 radical (unpaired) electrons. The number of nitrogens with one attached hydrogen (secondary N) is 1. The molecule has 1 aromatic heterocycles. The Labute approximate surface area is 163 Å². The van der Waals surface area contributed by atoms with Gasteiger partial charge < -0.3 is 15.0 Å². The molecule has 3 rings (SSSR count). The molecule has 0 saturated carbocycles. The predicted octanol–water partition coefficient (Wildman–Crippen LogP) is 3.92. The van der Waals surface area contributed by atoms with E-state index < -0.39 is 11.7 Å². The van der Waals surface area contributed by atoms with Gasteiger partial charge in [0.1, 0.15) is 5.60 Å². The van der Waals surface area contributed by atoms with Crippen LogP contribution in [0.5, 0.6) is 0 Å². The maximum atomic E-state index is 12.5. The molecule has 0 aliphatic carbocycles. The summed E-state index contributed by atoms with van der Waals surface area (Å²) in [5.41, 5.74) is 0.494. The molecule has 1 saturated heterocycles.